The first-order chi connectivity index (χ1) is 8.13. The highest BCUT2D eigenvalue weighted by Crippen LogP contribution is 2.04. The monoisotopic (exact) mass is 234 g/mol. The molecule has 2 N–H and O–H groups in total. The van der Waals surface area contributed by atoms with E-state index in [-0.39, 0.29) is 5.91 Å². The van der Waals surface area contributed by atoms with Crippen LogP contribution in [0, 0.1) is 0 Å². The highest BCUT2D eigenvalue weighted by molar-refractivity contribution is 5.94. The molecule has 0 bridgehead atoms. The maximum atomic E-state index is 11.8. The molecule has 0 unspecified atom stereocenters. The summed E-state index contributed by atoms with van der Waals surface area (Å²) in [5.41, 5.74) is 1.98. The van der Waals surface area contributed by atoms with E-state index in [1.807, 2.05) is 24.3 Å². The average molecular weight is 234 g/mol. The SMILES string of the molecule is CCc1ccc(C(=O)NCCNC(C)C)cc1. The van der Waals surface area contributed by atoms with Gasteiger partial charge < -0.3 is 10.6 Å². The topological polar surface area (TPSA) is 41.1 Å². The van der Waals surface area contributed by atoms with Crippen LogP contribution in [-0.2, 0) is 6.42 Å². The van der Waals surface area contributed by atoms with E-state index in [1.54, 1.807) is 0 Å². The molecule has 17 heavy (non-hydrogen) atoms. The molecule has 0 saturated heterocycles. The van der Waals surface area contributed by atoms with Crippen LogP contribution in [-0.4, -0.2) is 25.0 Å². The van der Waals surface area contributed by atoms with Crippen LogP contribution in [0.1, 0.15) is 36.7 Å². The molecule has 0 fully saturated rings. The molecule has 0 aromatic heterocycles. The Morgan fingerprint density at radius 3 is 2.35 bits per heavy atom. The number of nitrogens with one attached hydrogen (secondary N) is 2. The predicted octanol–water partition coefficient (Wildman–Crippen LogP) is 1.98. The summed E-state index contributed by atoms with van der Waals surface area (Å²) in [6.45, 7) is 7.74. The zero-order valence-electron chi connectivity index (χ0n) is 10.9. The lowest BCUT2D eigenvalue weighted by Gasteiger charge is -2.09. The second-order valence-electron chi connectivity index (χ2n) is 4.42. The maximum absolute atomic E-state index is 11.8. The first-order valence-corrected chi connectivity index (χ1v) is 6.24. The van der Waals surface area contributed by atoms with Gasteiger partial charge in [0.2, 0.25) is 0 Å². The number of hydrogen-bond acceptors (Lipinski definition) is 2. The number of aryl methyl sites for hydroxylation is 1. The van der Waals surface area contributed by atoms with Crippen molar-refractivity contribution < 1.29 is 4.79 Å². The Morgan fingerprint density at radius 2 is 1.82 bits per heavy atom. The summed E-state index contributed by atoms with van der Waals surface area (Å²) in [5, 5.41) is 6.15. The molecule has 3 nitrogen and oxygen atoms in total. The summed E-state index contributed by atoms with van der Waals surface area (Å²) < 4.78 is 0. The largest absolute Gasteiger partial charge is 0.351 e. The average Bonchev–Trinajstić information content (AvgIpc) is 2.34. The molecule has 94 valence electrons. The zero-order valence-corrected chi connectivity index (χ0v) is 10.9. The lowest BCUT2D eigenvalue weighted by atomic mass is 10.1. The number of benzene rings is 1. The maximum Gasteiger partial charge on any atom is 0.251 e. The van der Waals surface area contributed by atoms with Gasteiger partial charge in [-0.1, -0.05) is 32.9 Å². The second kappa shape index (κ2) is 7.07. The molecule has 0 saturated carbocycles. The minimum Gasteiger partial charge on any atom is -0.351 e. The summed E-state index contributed by atoms with van der Waals surface area (Å²) in [6.07, 6.45) is 1.00. The van der Waals surface area contributed by atoms with Crippen LogP contribution in [0.2, 0.25) is 0 Å². The van der Waals surface area contributed by atoms with Gasteiger partial charge in [0.15, 0.2) is 0 Å². The third-order valence-corrected chi connectivity index (χ3v) is 2.59. The van der Waals surface area contributed by atoms with Gasteiger partial charge in [-0.05, 0) is 24.1 Å². The molecule has 0 aliphatic rings. The standard InChI is InChI=1S/C14H22N2O/c1-4-12-5-7-13(8-6-12)14(17)16-10-9-15-11(2)3/h5-8,11,15H,4,9-10H2,1-3H3,(H,16,17). The van der Waals surface area contributed by atoms with Crippen molar-refractivity contribution in [3.63, 3.8) is 0 Å². The van der Waals surface area contributed by atoms with Crippen molar-refractivity contribution in [2.45, 2.75) is 33.2 Å². The van der Waals surface area contributed by atoms with Crippen LogP contribution in [0.15, 0.2) is 24.3 Å². The Hall–Kier alpha value is -1.35. The van der Waals surface area contributed by atoms with E-state index in [1.165, 1.54) is 5.56 Å². The molecule has 0 aliphatic heterocycles. The minimum atomic E-state index is -0.00166. The van der Waals surface area contributed by atoms with Crippen LogP contribution < -0.4 is 10.6 Å². The van der Waals surface area contributed by atoms with Crippen molar-refractivity contribution in [3.8, 4) is 0 Å². The molecule has 0 radical (unpaired) electrons. The van der Waals surface area contributed by atoms with Crippen molar-refractivity contribution in [3.05, 3.63) is 35.4 Å². The number of amides is 1. The fraction of sp³-hybridized carbons (Fsp3) is 0.500. The van der Waals surface area contributed by atoms with E-state index in [9.17, 15) is 4.79 Å². The van der Waals surface area contributed by atoms with E-state index >= 15 is 0 Å². The van der Waals surface area contributed by atoms with E-state index in [2.05, 4.69) is 31.4 Å². The predicted molar refractivity (Wildman–Crippen MR) is 71.3 cm³/mol. The van der Waals surface area contributed by atoms with Crippen molar-refractivity contribution >= 4 is 5.91 Å². The van der Waals surface area contributed by atoms with Gasteiger partial charge in [0.25, 0.3) is 5.91 Å². The first kappa shape index (κ1) is 13.7. The van der Waals surface area contributed by atoms with Crippen molar-refractivity contribution in [1.82, 2.24) is 10.6 Å². The Bertz CT molecular complexity index is 344. The normalized spacial score (nSPS) is 10.6. The van der Waals surface area contributed by atoms with E-state index in [0.717, 1.165) is 18.5 Å². The quantitative estimate of drug-likeness (QED) is 0.739. The van der Waals surface area contributed by atoms with Gasteiger partial charge in [0, 0.05) is 24.7 Å². The molecular weight excluding hydrogens is 212 g/mol. The molecule has 0 aliphatic carbocycles. The lowest BCUT2D eigenvalue weighted by Crippen LogP contribution is -2.34. The summed E-state index contributed by atoms with van der Waals surface area (Å²) in [4.78, 5) is 11.8. The van der Waals surface area contributed by atoms with Gasteiger partial charge >= 0.3 is 0 Å². The third-order valence-electron chi connectivity index (χ3n) is 2.59. The summed E-state index contributed by atoms with van der Waals surface area (Å²) in [6, 6.07) is 8.21. The van der Waals surface area contributed by atoms with Gasteiger partial charge in [0.05, 0.1) is 0 Å². The molecule has 1 aromatic rings. The molecule has 1 rings (SSSR count). The Labute approximate surface area is 104 Å². The summed E-state index contributed by atoms with van der Waals surface area (Å²) in [5.74, 6) is -0.00166. The molecule has 0 heterocycles. The van der Waals surface area contributed by atoms with E-state index in [4.69, 9.17) is 0 Å². The fourth-order valence-electron chi connectivity index (χ4n) is 1.53. The molecule has 0 spiro atoms. The number of carbonyl (C=O) groups excluding carboxylic acids is 1. The molecule has 1 aromatic carbocycles. The Morgan fingerprint density at radius 1 is 1.18 bits per heavy atom. The summed E-state index contributed by atoms with van der Waals surface area (Å²) in [7, 11) is 0. The first-order valence-electron chi connectivity index (χ1n) is 6.24. The smallest absolute Gasteiger partial charge is 0.251 e. The lowest BCUT2D eigenvalue weighted by molar-refractivity contribution is 0.0953. The molecule has 1 amide bonds. The van der Waals surface area contributed by atoms with Gasteiger partial charge in [-0.2, -0.15) is 0 Å². The van der Waals surface area contributed by atoms with Crippen LogP contribution in [0.3, 0.4) is 0 Å². The second-order valence-corrected chi connectivity index (χ2v) is 4.42. The van der Waals surface area contributed by atoms with Crippen molar-refractivity contribution in [1.29, 1.82) is 0 Å². The molecule has 0 atom stereocenters. The minimum absolute atomic E-state index is 0.00166. The fourth-order valence-corrected chi connectivity index (χ4v) is 1.53. The number of carbonyl (C=O) groups is 1. The van der Waals surface area contributed by atoms with Gasteiger partial charge in [-0.15, -0.1) is 0 Å². The van der Waals surface area contributed by atoms with Crippen LogP contribution in [0.4, 0.5) is 0 Å². The van der Waals surface area contributed by atoms with Crippen LogP contribution in [0.25, 0.3) is 0 Å². The van der Waals surface area contributed by atoms with Gasteiger partial charge in [-0.3, -0.25) is 4.79 Å². The molecular formula is C14H22N2O. The summed E-state index contributed by atoms with van der Waals surface area (Å²) >= 11 is 0. The van der Waals surface area contributed by atoms with Crippen LogP contribution in [0.5, 0.6) is 0 Å². The Balaban J connectivity index is 2.36. The van der Waals surface area contributed by atoms with Gasteiger partial charge in [-0.25, -0.2) is 0 Å². The van der Waals surface area contributed by atoms with Crippen molar-refractivity contribution in [2.75, 3.05) is 13.1 Å². The zero-order chi connectivity index (χ0) is 12.7. The number of rotatable bonds is 6. The van der Waals surface area contributed by atoms with Gasteiger partial charge in [0.1, 0.15) is 0 Å². The van der Waals surface area contributed by atoms with Crippen molar-refractivity contribution in [2.24, 2.45) is 0 Å². The number of hydrogen-bond donors (Lipinski definition) is 2. The van der Waals surface area contributed by atoms with E-state index < -0.39 is 0 Å². The van der Waals surface area contributed by atoms with E-state index in [0.29, 0.717) is 12.6 Å². The molecule has 3 heteroatoms. The third kappa shape index (κ3) is 5.00. The highest BCUT2D eigenvalue weighted by Gasteiger charge is 2.03. The van der Waals surface area contributed by atoms with Crippen LogP contribution >= 0.6 is 0 Å². The highest BCUT2D eigenvalue weighted by atomic mass is 16.1. The Kier molecular flexibility index (Phi) is 5.70.